The summed E-state index contributed by atoms with van der Waals surface area (Å²) < 4.78 is 0. The lowest BCUT2D eigenvalue weighted by Gasteiger charge is -2.13. The number of rotatable bonds is 0. The smallest absolute Gasteiger partial charge is 0.0273 e. The molecule has 0 N–H and O–H groups in total. The van der Waals surface area contributed by atoms with Crippen molar-refractivity contribution in [2.45, 2.75) is 44.9 Å². The zero-order valence-corrected chi connectivity index (χ0v) is 9.47. The van der Waals surface area contributed by atoms with Crippen LogP contribution in [0.2, 0.25) is 0 Å². The van der Waals surface area contributed by atoms with Gasteiger partial charge in [0.25, 0.3) is 0 Å². The van der Waals surface area contributed by atoms with Gasteiger partial charge in [-0.15, -0.1) is 0 Å². The van der Waals surface area contributed by atoms with Crippen molar-refractivity contribution in [3.63, 3.8) is 0 Å². The second-order valence-electron chi connectivity index (χ2n) is 4.58. The lowest BCUT2D eigenvalue weighted by Crippen LogP contribution is -1.98. The Labute approximate surface area is 93.0 Å². The molecule has 1 aromatic rings. The van der Waals surface area contributed by atoms with Crippen molar-refractivity contribution < 1.29 is 0 Å². The molecule has 1 aliphatic rings. The average Bonchev–Trinajstić information content (AvgIpc) is 2.26. The van der Waals surface area contributed by atoms with Crippen LogP contribution in [0.3, 0.4) is 0 Å². The Kier molecular flexibility index (Phi) is 3.60. The van der Waals surface area contributed by atoms with Gasteiger partial charge in [0.2, 0.25) is 0 Å². The first-order valence-electron chi connectivity index (χ1n) is 6.10. The predicted molar refractivity (Wildman–Crippen MR) is 66.1 cm³/mol. The molecule has 1 aromatic carbocycles. The fraction of sp³-hybridized carbons (Fsp3) is 0.467. The van der Waals surface area contributed by atoms with Crippen LogP contribution in [-0.2, 0) is 12.8 Å². The van der Waals surface area contributed by atoms with Crippen LogP contribution in [-0.4, -0.2) is 0 Å². The molecule has 0 atom stereocenters. The van der Waals surface area contributed by atoms with Gasteiger partial charge >= 0.3 is 0 Å². The van der Waals surface area contributed by atoms with Gasteiger partial charge < -0.3 is 0 Å². The summed E-state index contributed by atoms with van der Waals surface area (Å²) in [6, 6.07) is 8.93. The molecule has 0 bridgehead atoms. The topological polar surface area (TPSA) is 0 Å². The third-order valence-electron chi connectivity index (χ3n) is 3.32. The summed E-state index contributed by atoms with van der Waals surface area (Å²) in [5.74, 6) is 0. The number of allylic oxidation sites excluding steroid dienone is 1. The van der Waals surface area contributed by atoms with Crippen LogP contribution in [0.15, 0.2) is 36.4 Å². The normalized spacial score (nSPS) is 18.3. The molecule has 0 amide bonds. The van der Waals surface area contributed by atoms with Crippen LogP contribution in [0.25, 0.3) is 0 Å². The second kappa shape index (κ2) is 5.16. The van der Waals surface area contributed by atoms with Gasteiger partial charge in [-0.2, -0.15) is 0 Å². The number of aryl methyl sites for hydroxylation is 2. The van der Waals surface area contributed by atoms with Gasteiger partial charge in [0.1, 0.15) is 0 Å². The van der Waals surface area contributed by atoms with E-state index in [9.17, 15) is 0 Å². The van der Waals surface area contributed by atoms with E-state index in [0.717, 1.165) is 0 Å². The van der Waals surface area contributed by atoms with E-state index in [0.29, 0.717) is 0 Å². The van der Waals surface area contributed by atoms with Crippen molar-refractivity contribution in [2.24, 2.45) is 0 Å². The van der Waals surface area contributed by atoms with Gasteiger partial charge in [-0.1, -0.05) is 36.4 Å². The average molecular weight is 200 g/mol. The molecule has 0 aromatic heterocycles. The largest absolute Gasteiger partial charge is 0.0999 e. The zero-order valence-electron chi connectivity index (χ0n) is 9.47. The molecule has 80 valence electrons. The quantitative estimate of drug-likeness (QED) is 0.548. The standard InChI is InChI=1S/C15H20/c1-13-7-2-3-9-14-10-4-5-11-15(14)12-6-8-13/h4-5,10-11H,1-3,6-9,12H2. The molecular formula is C15H20. The van der Waals surface area contributed by atoms with Crippen LogP contribution in [0.1, 0.15) is 43.2 Å². The minimum atomic E-state index is 1.22. The van der Waals surface area contributed by atoms with Gasteiger partial charge in [-0.25, -0.2) is 0 Å². The molecule has 1 aliphatic carbocycles. The van der Waals surface area contributed by atoms with E-state index in [2.05, 4.69) is 30.8 Å². The van der Waals surface area contributed by atoms with E-state index in [4.69, 9.17) is 0 Å². The fourth-order valence-electron chi connectivity index (χ4n) is 2.39. The van der Waals surface area contributed by atoms with Crippen LogP contribution in [0.4, 0.5) is 0 Å². The predicted octanol–water partition coefficient (Wildman–Crippen LogP) is 4.29. The number of benzene rings is 1. The summed E-state index contributed by atoms with van der Waals surface area (Å²) in [5, 5.41) is 0. The van der Waals surface area contributed by atoms with Crippen LogP contribution >= 0.6 is 0 Å². The summed E-state index contributed by atoms with van der Waals surface area (Å²) in [6.45, 7) is 4.14. The second-order valence-corrected chi connectivity index (χ2v) is 4.58. The van der Waals surface area contributed by atoms with Crippen molar-refractivity contribution in [3.05, 3.63) is 47.5 Å². The Morgan fingerprint density at radius 2 is 1.27 bits per heavy atom. The van der Waals surface area contributed by atoms with Gasteiger partial charge in [0, 0.05) is 0 Å². The third-order valence-corrected chi connectivity index (χ3v) is 3.32. The molecular weight excluding hydrogens is 180 g/mol. The summed E-state index contributed by atoms with van der Waals surface area (Å²) >= 11 is 0. The SMILES string of the molecule is C=C1CCCCc2ccccc2CCC1. The van der Waals surface area contributed by atoms with Crippen molar-refractivity contribution in [1.29, 1.82) is 0 Å². The first-order valence-corrected chi connectivity index (χ1v) is 6.10. The van der Waals surface area contributed by atoms with Crippen molar-refractivity contribution in [3.8, 4) is 0 Å². The lowest BCUT2D eigenvalue weighted by molar-refractivity contribution is 0.673. The molecule has 0 saturated carbocycles. The molecule has 0 nitrogen and oxygen atoms in total. The van der Waals surface area contributed by atoms with Crippen LogP contribution in [0, 0.1) is 0 Å². The Morgan fingerprint density at radius 3 is 2.00 bits per heavy atom. The summed E-state index contributed by atoms with van der Waals surface area (Å²) in [5.41, 5.74) is 4.59. The van der Waals surface area contributed by atoms with E-state index in [-0.39, 0.29) is 0 Å². The van der Waals surface area contributed by atoms with Crippen molar-refractivity contribution in [2.75, 3.05) is 0 Å². The highest BCUT2D eigenvalue weighted by molar-refractivity contribution is 5.27. The maximum Gasteiger partial charge on any atom is -0.0273 e. The minimum absolute atomic E-state index is 1.22. The van der Waals surface area contributed by atoms with Gasteiger partial charge in [0.05, 0.1) is 0 Å². The summed E-state index contributed by atoms with van der Waals surface area (Å²) in [7, 11) is 0. The Hall–Kier alpha value is -1.04. The number of fused-ring (bicyclic) bond motifs is 1. The number of hydrogen-bond donors (Lipinski definition) is 0. The Bertz CT molecular complexity index is 336. The van der Waals surface area contributed by atoms with E-state index in [1.807, 2.05) is 0 Å². The molecule has 0 saturated heterocycles. The highest BCUT2D eigenvalue weighted by Crippen LogP contribution is 2.21. The first kappa shape index (κ1) is 10.5. The van der Waals surface area contributed by atoms with E-state index in [1.54, 1.807) is 11.1 Å². The fourth-order valence-corrected chi connectivity index (χ4v) is 2.39. The molecule has 15 heavy (non-hydrogen) atoms. The number of hydrogen-bond acceptors (Lipinski definition) is 0. The molecule has 0 heterocycles. The minimum Gasteiger partial charge on any atom is -0.0999 e. The highest BCUT2D eigenvalue weighted by Gasteiger charge is 2.05. The zero-order chi connectivity index (χ0) is 10.5. The molecule has 0 aliphatic heterocycles. The van der Waals surface area contributed by atoms with Crippen molar-refractivity contribution in [1.82, 2.24) is 0 Å². The highest BCUT2D eigenvalue weighted by atomic mass is 14.1. The van der Waals surface area contributed by atoms with Crippen LogP contribution < -0.4 is 0 Å². The lowest BCUT2D eigenvalue weighted by atomic mass is 9.93. The van der Waals surface area contributed by atoms with Crippen molar-refractivity contribution >= 4 is 0 Å². The molecule has 0 spiro atoms. The molecule has 0 fully saturated rings. The molecule has 0 heteroatoms. The maximum absolute atomic E-state index is 4.14. The maximum atomic E-state index is 4.14. The monoisotopic (exact) mass is 200 g/mol. The Balaban J connectivity index is 2.11. The van der Waals surface area contributed by atoms with E-state index < -0.39 is 0 Å². The molecule has 0 radical (unpaired) electrons. The van der Waals surface area contributed by atoms with Gasteiger partial charge in [-0.05, 0) is 56.1 Å². The van der Waals surface area contributed by atoms with E-state index >= 15 is 0 Å². The third kappa shape index (κ3) is 2.95. The molecule has 0 unspecified atom stereocenters. The summed E-state index contributed by atoms with van der Waals surface area (Å²) in [6.07, 6.45) is 8.84. The van der Waals surface area contributed by atoms with Gasteiger partial charge in [-0.3, -0.25) is 0 Å². The van der Waals surface area contributed by atoms with Crippen LogP contribution in [0.5, 0.6) is 0 Å². The molecule has 2 rings (SSSR count). The van der Waals surface area contributed by atoms with Gasteiger partial charge in [0.15, 0.2) is 0 Å². The van der Waals surface area contributed by atoms with E-state index in [1.165, 1.54) is 50.5 Å². The Morgan fingerprint density at radius 1 is 0.733 bits per heavy atom. The first-order chi connectivity index (χ1) is 7.36. The summed E-state index contributed by atoms with van der Waals surface area (Å²) in [4.78, 5) is 0.